The van der Waals surface area contributed by atoms with Crippen LogP contribution >= 0.6 is 0 Å². The Morgan fingerprint density at radius 3 is 1.71 bits per heavy atom. The molecule has 0 heterocycles. The van der Waals surface area contributed by atoms with E-state index in [9.17, 15) is 9.59 Å². The number of carboxylic acid groups (broad SMARTS) is 1. The van der Waals surface area contributed by atoms with Crippen molar-refractivity contribution in [3.63, 3.8) is 0 Å². The second-order valence-corrected chi connectivity index (χ2v) is 4.38. The standard InChI is InChI=1S/C13H24O4/c14-11-7-9-12(15)8-5-3-1-2-4-6-10-13(16)17/h14H,1-11H2,(H,16,17). The summed E-state index contributed by atoms with van der Waals surface area (Å²) in [5.41, 5.74) is 0. The van der Waals surface area contributed by atoms with E-state index in [1.807, 2.05) is 0 Å². The van der Waals surface area contributed by atoms with Gasteiger partial charge < -0.3 is 10.2 Å². The Hall–Kier alpha value is -0.900. The summed E-state index contributed by atoms with van der Waals surface area (Å²) >= 11 is 0. The molecule has 0 aliphatic rings. The predicted molar refractivity (Wildman–Crippen MR) is 65.9 cm³/mol. The maximum absolute atomic E-state index is 11.2. The average Bonchev–Trinajstić information content (AvgIpc) is 2.29. The first kappa shape index (κ1) is 16.1. The third-order valence-corrected chi connectivity index (χ3v) is 2.71. The Balaban J connectivity index is 3.12. The molecule has 0 aliphatic heterocycles. The van der Waals surface area contributed by atoms with Crippen molar-refractivity contribution < 1.29 is 19.8 Å². The molecule has 0 rings (SSSR count). The van der Waals surface area contributed by atoms with Crippen LogP contribution in [0, 0.1) is 0 Å². The zero-order valence-electron chi connectivity index (χ0n) is 10.5. The van der Waals surface area contributed by atoms with Crippen LogP contribution in [0.15, 0.2) is 0 Å². The third-order valence-electron chi connectivity index (χ3n) is 2.71. The van der Waals surface area contributed by atoms with Gasteiger partial charge in [0.2, 0.25) is 0 Å². The molecule has 2 N–H and O–H groups in total. The summed E-state index contributed by atoms with van der Waals surface area (Å²) in [6.07, 6.45) is 7.76. The van der Waals surface area contributed by atoms with Crippen molar-refractivity contribution >= 4 is 11.8 Å². The SMILES string of the molecule is O=C(O)CCCCCCCCC(=O)CCCO. The molecule has 0 bridgehead atoms. The number of aliphatic hydroxyl groups excluding tert-OH is 1. The van der Waals surface area contributed by atoms with E-state index in [1.165, 1.54) is 0 Å². The lowest BCUT2D eigenvalue weighted by atomic mass is 10.1. The topological polar surface area (TPSA) is 74.6 Å². The molecule has 4 heteroatoms. The van der Waals surface area contributed by atoms with Crippen LogP contribution in [-0.2, 0) is 9.59 Å². The average molecular weight is 244 g/mol. The lowest BCUT2D eigenvalue weighted by Crippen LogP contribution is -1.99. The minimum absolute atomic E-state index is 0.0926. The fraction of sp³-hybridized carbons (Fsp3) is 0.846. The largest absolute Gasteiger partial charge is 0.481 e. The molecular formula is C13H24O4. The van der Waals surface area contributed by atoms with Gasteiger partial charge in [-0.2, -0.15) is 0 Å². The molecule has 4 nitrogen and oxygen atoms in total. The Morgan fingerprint density at radius 2 is 1.18 bits per heavy atom. The molecule has 100 valence electrons. The van der Waals surface area contributed by atoms with Gasteiger partial charge in [0, 0.05) is 25.9 Å². The Labute approximate surface area is 103 Å². The molecule has 0 radical (unpaired) electrons. The Kier molecular flexibility index (Phi) is 11.0. The van der Waals surface area contributed by atoms with E-state index in [0.717, 1.165) is 38.5 Å². The summed E-state index contributed by atoms with van der Waals surface area (Å²) in [6, 6.07) is 0. The van der Waals surface area contributed by atoms with E-state index in [4.69, 9.17) is 10.2 Å². The summed E-state index contributed by atoms with van der Waals surface area (Å²) in [6.45, 7) is 0.0926. The summed E-state index contributed by atoms with van der Waals surface area (Å²) in [7, 11) is 0. The number of carbonyl (C=O) groups is 2. The van der Waals surface area contributed by atoms with E-state index in [2.05, 4.69) is 0 Å². The summed E-state index contributed by atoms with van der Waals surface area (Å²) in [5, 5.41) is 17.0. The molecule has 17 heavy (non-hydrogen) atoms. The minimum Gasteiger partial charge on any atom is -0.481 e. The van der Waals surface area contributed by atoms with Crippen molar-refractivity contribution in [1.82, 2.24) is 0 Å². The number of aliphatic carboxylic acids is 1. The zero-order chi connectivity index (χ0) is 12.9. The summed E-state index contributed by atoms with van der Waals surface area (Å²) in [5.74, 6) is -0.482. The molecule has 0 aromatic carbocycles. The van der Waals surface area contributed by atoms with Crippen LogP contribution in [0.4, 0.5) is 0 Å². The maximum atomic E-state index is 11.2. The lowest BCUT2D eigenvalue weighted by molar-refractivity contribution is -0.137. The normalized spacial score (nSPS) is 10.4. The maximum Gasteiger partial charge on any atom is 0.303 e. The number of ketones is 1. The molecule has 0 atom stereocenters. The number of aliphatic hydroxyl groups is 1. The monoisotopic (exact) mass is 244 g/mol. The second-order valence-electron chi connectivity index (χ2n) is 4.38. The van der Waals surface area contributed by atoms with Gasteiger partial charge in [0.15, 0.2) is 0 Å². The first-order chi connectivity index (χ1) is 8.16. The first-order valence-corrected chi connectivity index (χ1v) is 6.51. The van der Waals surface area contributed by atoms with Crippen molar-refractivity contribution in [1.29, 1.82) is 0 Å². The third kappa shape index (κ3) is 13.0. The fourth-order valence-corrected chi connectivity index (χ4v) is 1.71. The predicted octanol–water partition coefficient (Wildman–Crippen LogP) is 2.53. The van der Waals surface area contributed by atoms with Gasteiger partial charge in [-0.15, -0.1) is 0 Å². The molecule has 0 saturated heterocycles. The van der Waals surface area contributed by atoms with Crippen LogP contribution in [0.2, 0.25) is 0 Å². The van der Waals surface area contributed by atoms with Gasteiger partial charge in [0.25, 0.3) is 0 Å². The van der Waals surface area contributed by atoms with Crippen LogP contribution in [0.3, 0.4) is 0 Å². The molecular weight excluding hydrogens is 220 g/mol. The van der Waals surface area contributed by atoms with Gasteiger partial charge in [-0.25, -0.2) is 0 Å². The van der Waals surface area contributed by atoms with Gasteiger partial charge in [-0.3, -0.25) is 9.59 Å². The quantitative estimate of drug-likeness (QED) is 0.517. The van der Waals surface area contributed by atoms with Crippen LogP contribution in [0.5, 0.6) is 0 Å². The summed E-state index contributed by atoms with van der Waals surface area (Å²) < 4.78 is 0. The highest BCUT2D eigenvalue weighted by molar-refractivity contribution is 5.78. The Bertz CT molecular complexity index is 213. The van der Waals surface area contributed by atoms with Gasteiger partial charge in [-0.1, -0.05) is 25.7 Å². The van der Waals surface area contributed by atoms with Gasteiger partial charge in [0.05, 0.1) is 0 Å². The van der Waals surface area contributed by atoms with E-state index >= 15 is 0 Å². The lowest BCUT2D eigenvalue weighted by Gasteiger charge is -2.01. The number of rotatable bonds is 12. The molecule has 0 amide bonds. The molecule has 0 saturated carbocycles. The molecule has 0 fully saturated rings. The van der Waals surface area contributed by atoms with E-state index in [0.29, 0.717) is 19.3 Å². The van der Waals surface area contributed by atoms with Crippen LogP contribution in [0.1, 0.15) is 64.2 Å². The molecule has 0 aromatic heterocycles. The first-order valence-electron chi connectivity index (χ1n) is 6.51. The highest BCUT2D eigenvalue weighted by Gasteiger charge is 2.01. The highest BCUT2D eigenvalue weighted by Crippen LogP contribution is 2.09. The number of carboxylic acids is 1. The van der Waals surface area contributed by atoms with Crippen molar-refractivity contribution in [3.05, 3.63) is 0 Å². The van der Waals surface area contributed by atoms with Crippen molar-refractivity contribution in [3.8, 4) is 0 Å². The van der Waals surface area contributed by atoms with Crippen molar-refractivity contribution in [2.45, 2.75) is 64.2 Å². The number of unbranched alkanes of at least 4 members (excludes halogenated alkanes) is 5. The van der Waals surface area contributed by atoms with E-state index in [-0.39, 0.29) is 18.8 Å². The number of hydrogen-bond acceptors (Lipinski definition) is 3. The van der Waals surface area contributed by atoms with Crippen LogP contribution in [-0.4, -0.2) is 28.6 Å². The van der Waals surface area contributed by atoms with Crippen LogP contribution < -0.4 is 0 Å². The van der Waals surface area contributed by atoms with E-state index < -0.39 is 5.97 Å². The van der Waals surface area contributed by atoms with Gasteiger partial charge >= 0.3 is 5.97 Å². The zero-order valence-corrected chi connectivity index (χ0v) is 10.5. The number of carbonyl (C=O) groups excluding carboxylic acids is 1. The minimum atomic E-state index is -0.723. The van der Waals surface area contributed by atoms with Crippen LogP contribution in [0.25, 0.3) is 0 Å². The number of Topliss-reactive ketones (excluding diaryl/α,β-unsaturated/α-hetero) is 1. The smallest absolute Gasteiger partial charge is 0.303 e. The van der Waals surface area contributed by atoms with E-state index in [1.54, 1.807) is 0 Å². The number of hydrogen-bond donors (Lipinski definition) is 2. The van der Waals surface area contributed by atoms with Crippen molar-refractivity contribution in [2.24, 2.45) is 0 Å². The summed E-state index contributed by atoms with van der Waals surface area (Å²) in [4.78, 5) is 21.5. The Morgan fingerprint density at radius 1 is 0.706 bits per heavy atom. The second kappa shape index (κ2) is 11.6. The highest BCUT2D eigenvalue weighted by atomic mass is 16.4. The van der Waals surface area contributed by atoms with Gasteiger partial charge in [0.1, 0.15) is 5.78 Å². The van der Waals surface area contributed by atoms with Gasteiger partial charge in [-0.05, 0) is 19.3 Å². The fourth-order valence-electron chi connectivity index (χ4n) is 1.71. The van der Waals surface area contributed by atoms with Crippen molar-refractivity contribution in [2.75, 3.05) is 6.61 Å². The molecule has 0 aromatic rings. The molecule has 0 spiro atoms. The molecule has 0 unspecified atom stereocenters. The molecule has 0 aliphatic carbocycles.